The first kappa shape index (κ1) is 22.4. The average Bonchev–Trinajstić information content (AvgIpc) is 2.69. The Hall–Kier alpha value is -1.88. The van der Waals surface area contributed by atoms with E-state index in [1.165, 1.54) is 17.5 Å². The lowest BCUT2D eigenvalue weighted by Gasteiger charge is -2.29. The van der Waals surface area contributed by atoms with E-state index in [2.05, 4.69) is 55.7 Å². The van der Waals surface area contributed by atoms with E-state index in [0.717, 1.165) is 38.8 Å². The molecule has 2 amide bonds. The van der Waals surface area contributed by atoms with E-state index >= 15 is 0 Å². The smallest absolute Gasteiger partial charge is 0.244 e. The normalized spacial score (nSPS) is 16.7. The summed E-state index contributed by atoms with van der Waals surface area (Å²) in [6.45, 7) is 10.1. The Balaban J connectivity index is 1.86. The van der Waals surface area contributed by atoms with Crippen molar-refractivity contribution >= 4 is 11.8 Å². The summed E-state index contributed by atoms with van der Waals surface area (Å²) in [7, 11) is 0. The Morgan fingerprint density at radius 2 is 1.68 bits per heavy atom. The van der Waals surface area contributed by atoms with Gasteiger partial charge in [0.2, 0.25) is 11.8 Å². The Morgan fingerprint density at radius 1 is 1.04 bits per heavy atom. The Kier molecular flexibility index (Phi) is 8.97. The summed E-state index contributed by atoms with van der Waals surface area (Å²) < 4.78 is 0. The molecule has 0 bridgehead atoms. The number of hydrogen-bond donors (Lipinski definition) is 2. The molecule has 1 saturated heterocycles. The van der Waals surface area contributed by atoms with Gasteiger partial charge in [-0.1, -0.05) is 51.5 Å². The minimum atomic E-state index is -0.474. The molecule has 2 rings (SSSR count). The first-order chi connectivity index (χ1) is 13.4. The third-order valence-corrected chi connectivity index (χ3v) is 5.44. The van der Waals surface area contributed by atoms with E-state index in [0.29, 0.717) is 5.92 Å². The molecule has 0 spiro atoms. The van der Waals surface area contributed by atoms with Gasteiger partial charge in [0.15, 0.2) is 0 Å². The largest absolute Gasteiger partial charge is 0.343 e. The summed E-state index contributed by atoms with van der Waals surface area (Å²) in [5.41, 5.74) is 2.54. The lowest BCUT2D eigenvalue weighted by atomic mass is 9.94. The van der Waals surface area contributed by atoms with E-state index in [4.69, 9.17) is 0 Å². The van der Waals surface area contributed by atoms with Crippen LogP contribution in [0.3, 0.4) is 0 Å². The van der Waals surface area contributed by atoms with Crippen LogP contribution in [0.4, 0.5) is 0 Å². The van der Waals surface area contributed by atoms with Crippen molar-refractivity contribution in [2.45, 2.75) is 71.9 Å². The highest BCUT2D eigenvalue weighted by atomic mass is 16.2. The van der Waals surface area contributed by atoms with Crippen molar-refractivity contribution < 1.29 is 9.59 Å². The van der Waals surface area contributed by atoms with E-state index in [9.17, 15) is 9.59 Å². The molecule has 1 aromatic carbocycles. The highest BCUT2D eigenvalue weighted by Gasteiger charge is 2.24. The first-order valence-corrected chi connectivity index (χ1v) is 10.8. The molecule has 2 unspecified atom stereocenters. The molecule has 1 aromatic rings. The molecule has 1 fully saturated rings. The van der Waals surface area contributed by atoms with Crippen molar-refractivity contribution in [3.63, 3.8) is 0 Å². The third-order valence-electron chi connectivity index (χ3n) is 5.44. The quantitative estimate of drug-likeness (QED) is 0.682. The minimum absolute atomic E-state index is 0.0278. The van der Waals surface area contributed by atoms with Crippen LogP contribution >= 0.6 is 0 Å². The molecule has 1 aliphatic heterocycles. The monoisotopic (exact) mass is 387 g/mol. The van der Waals surface area contributed by atoms with Crippen LogP contribution in [0.25, 0.3) is 0 Å². The fraction of sp³-hybridized carbons (Fsp3) is 0.652. The van der Waals surface area contributed by atoms with Crippen LogP contribution in [0, 0.1) is 5.92 Å². The van der Waals surface area contributed by atoms with Crippen molar-refractivity contribution in [1.29, 1.82) is 0 Å². The van der Waals surface area contributed by atoms with Gasteiger partial charge in [-0.2, -0.15) is 0 Å². The summed E-state index contributed by atoms with van der Waals surface area (Å²) in [6, 6.07) is 8.30. The molecule has 0 aliphatic carbocycles. The molecule has 28 heavy (non-hydrogen) atoms. The summed E-state index contributed by atoms with van der Waals surface area (Å²) in [6.07, 6.45) is 5.53. The molecule has 2 N–H and O–H groups in total. The van der Waals surface area contributed by atoms with Gasteiger partial charge in [-0.25, -0.2) is 0 Å². The zero-order valence-corrected chi connectivity index (χ0v) is 18.0. The number of benzene rings is 1. The maximum atomic E-state index is 12.5. The summed E-state index contributed by atoms with van der Waals surface area (Å²) in [4.78, 5) is 26.7. The molecule has 0 radical (unpaired) electrons. The van der Waals surface area contributed by atoms with Gasteiger partial charge in [-0.3, -0.25) is 9.59 Å². The van der Waals surface area contributed by atoms with E-state index in [1.807, 2.05) is 4.90 Å². The molecule has 2 atom stereocenters. The first-order valence-electron chi connectivity index (χ1n) is 10.8. The Bertz CT molecular complexity index is 621. The Labute approximate surface area is 170 Å². The van der Waals surface area contributed by atoms with Gasteiger partial charge < -0.3 is 15.5 Å². The molecular formula is C23H37N3O2. The van der Waals surface area contributed by atoms with Gasteiger partial charge >= 0.3 is 0 Å². The van der Waals surface area contributed by atoms with Crippen LogP contribution < -0.4 is 10.6 Å². The van der Waals surface area contributed by atoms with Crippen molar-refractivity contribution in [3.8, 4) is 0 Å². The fourth-order valence-electron chi connectivity index (χ4n) is 3.86. The molecule has 0 saturated carbocycles. The van der Waals surface area contributed by atoms with Gasteiger partial charge in [0.1, 0.15) is 6.04 Å². The van der Waals surface area contributed by atoms with E-state index in [-0.39, 0.29) is 24.4 Å². The topological polar surface area (TPSA) is 61.4 Å². The van der Waals surface area contributed by atoms with Gasteiger partial charge in [0.05, 0.1) is 6.54 Å². The van der Waals surface area contributed by atoms with Crippen LogP contribution in [-0.2, 0) is 16.0 Å². The number of likely N-dealkylation sites (tertiary alicyclic amines) is 1. The molecule has 5 nitrogen and oxygen atoms in total. The van der Waals surface area contributed by atoms with E-state index in [1.54, 1.807) is 6.92 Å². The number of rotatable bonds is 9. The van der Waals surface area contributed by atoms with Crippen LogP contribution in [0.2, 0.25) is 0 Å². The van der Waals surface area contributed by atoms with Gasteiger partial charge in [0.25, 0.3) is 0 Å². The zero-order valence-electron chi connectivity index (χ0n) is 18.0. The lowest BCUT2D eigenvalue weighted by molar-refractivity contribution is -0.136. The van der Waals surface area contributed by atoms with Crippen molar-refractivity contribution in [2.24, 2.45) is 5.92 Å². The fourth-order valence-corrected chi connectivity index (χ4v) is 3.86. The van der Waals surface area contributed by atoms with Crippen LogP contribution in [0.15, 0.2) is 24.3 Å². The van der Waals surface area contributed by atoms with Crippen LogP contribution in [0.1, 0.15) is 70.5 Å². The number of carbonyl (C=O) groups excluding carboxylic acids is 2. The lowest BCUT2D eigenvalue weighted by Crippen LogP contribution is -2.50. The molecule has 5 heteroatoms. The van der Waals surface area contributed by atoms with Gasteiger partial charge in [0, 0.05) is 19.1 Å². The van der Waals surface area contributed by atoms with Crippen molar-refractivity contribution in [1.82, 2.24) is 15.5 Å². The van der Waals surface area contributed by atoms with Crippen LogP contribution in [0.5, 0.6) is 0 Å². The maximum Gasteiger partial charge on any atom is 0.244 e. The summed E-state index contributed by atoms with van der Waals surface area (Å²) in [5.74, 6) is 0.253. The molecular weight excluding hydrogens is 350 g/mol. The Morgan fingerprint density at radius 3 is 2.25 bits per heavy atom. The predicted octanol–water partition coefficient (Wildman–Crippen LogP) is 3.44. The van der Waals surface area contributed by atoms with Gasteiger partial charge in [-0.15, -0.1) is 0 Å². The number of piperidine rings is 1. The van der Waals surface area contributed by atoms with Crippen LogP contribution in [-0.4, -0.2) is 42.4 Å². The van der Waals surface area contributed by atoms with Crippen molar-refractivity contribution in [3.05, 3.63) is 35.4 Å². The predicted molar refractivity (Wildman–Crippen MR) is 114 cm³/mol. The van der Waals surface area contributed by atoms with E-state index < -0.39 is 6.04 Å². The maximum absolute atomic E-state index is 12.5. The molecule has 156 valence electrons. The standard InChI is InChI=1S/C23H37N3O2/c1-5-9-19-10-12-20(13-11-19)22(17(2)3)24-16-21(27)25-18(4)23(28)26-14-7-6-8-15-26/h10-13,17-18,22,24H,5-9,14-16H2,1-4H3,(H,25,27). The highest BCUT2D eigenvalue weighted by molar-refractivity contribution is 5.88. The molecule has 1 heterocycles. The second-order valence-electron chi connectivity index (χ2n) is 8.27. The highest BCUT2D eigenvalue weighted by Crippen LogP contribution is 2.22. The SMILES string of the molecule is CCCc1ccc(C(NCC(=O)NC(C)C(=O)N2CCCCC2)C(C)C)cc1. The van der Waals surface area contributed by atoms with Gasteiger partial charge in [-0.05, 0) is 49.7 Å². The number of hydrogen-bond acceptors (Lipinski definition) is 3. The van der Waals surface area contributed by atoms with Crippen molar-refractivity contribution in [2.75, 3.05) is 19.6 Å². The number of aryl methyl sites for hydroxylation is 1. The second-order valence-corrected chi connectivity index (χ2v) is 8.27. The average molecular weight is 388 g/mol. The third kappa shape index (κ3) is 6.62. The number of nitrogens with zero attached hydrogens (tertiary/aromatic N) is 1. The number of amides is 2. The minimum Gasteiger partial charge on any atom is -0.343 e. The number of carbonyl (C=O) groups is 2. The zero-order chi connectivity index (χ0) is 20.5. The summed E-state index contributed by atoms with van der Waals surface area (Å²) in [5, 5.41) is 6.23. The summed E-state index contributed by atoms with van der Waals surface area (Å²) >= 11 is 0. The number of nitrogens with one attached hydrogen (secondary N) is 2. The molecule has 1 aliphatic rings. The second kappa shape index (κ2) is 11.2. The molecule has 0 aromatic heterocycles.